The van der Waals surface area contributed by atoms with E-state index in [2.05, 4.69) is 10.7 Å². The lowest BCUT2D eigenvalue weighted by molar-refractivity contribution is -0.122. The van der Waals surface area contributed by atoms with E-state index in [0.29, 0.717) is 0 Å². The third-order valence-electron chi connectivity index (χ3n) is 4.51. The Balaban J connectivity index is 1.80. The van der Waals surface area contributed by atoms with Gasteiger partial charge >= 0.3 is 0 Å². The van der Waals surface area contributed by atoms with Crippen LogP contribution < -0.4 is 15.8 Å². The van der Waals surface area contributed by atoms with E-state index in [1.165, 1.54) is 6.92 Å². The van der Waals surface area contributed by atoms with E-state index < -0.39 is 6.04 Å². The van der Waals surface area contributed by atoms with Gasteiger partial charge in [0.1, 0.15) is 0 Å². The lowest BCUT2D eigenvalue weighted by Crippen LogP contribution is -2.41. The first-order valence-electron chi connectivity index (χ1n) is 9.56. The number of rotatable bonds is 7. The van der Waals surface area contributed by atoms with Gasteiger partial charge in [-0.05, 0) is 36.8 Å². The van der Waals surface area contributed by atoms with E-state index in [1.807, 2.05) is 91.9 Å². The predicted molar refractivity (Wildman–Crippen MR) is 116 cm³/mol. The summed E-state index contributed by atoms with van der Waals surface area (Å²) in [6.07, 6.45) is 0.124. The summed E-state index contributed by atoms with van der Waals surface area (Å²) in [7, 11) is 0. The largest absolute Gasteiger partial charge is 0.349 e. The maximum absolute atomic E-state index is 12.9. The minimum absolute atomic E-state index is 0.124. The number of hydrogen-bond donors (Lipinski definition) is 2. The monoisotopic (exact) mass is 387 g/mol. The number of nitrogens with one attached hydrogen (secondary N) is 2. The first kappa shape index (κ1) is 20.1. The van der Waals surface area contributed by atoms with Gasteiger partial charge in [0, 0.05) is 6.92 Å². The minimum Gasteiger partial charge on any atom is -0.349 e. The summed E-state index contributed by atoms with van der Waals surface area (Å²) in [4.78, 5) is 24.6. The predicted octanol–water partition coefficient (Wildman–Crippen LogP) is 4.43. The molecule has 1 atom stereocenters. The third kappa shape index (κ3) is 5.69. The summed E-state index contributed by atoms with van der Waals surface area (Å²) in [6, 6.07) is 26.7. The molecule has 0 aliphatic carbocycles. The zero-order valence-electron chi connectivity index (χ0n) is 16.6. The van der Waals surface area contributed by atoms with Crippen LogP contribution >= 0.6 is 0 Å². The van der Waals surface area contributed by atoms with Gasteiger partial charge < -0.3 is 5.32 Å². The number of carbonyl (C=O) groups is 2. The molecule has 2 N–H and O–H groups in total. The first-order valence-corrected chi connectivity index (χ1v) is 9.56. The summed E-state index contributed by atoms with van der Waals surface area (Å²) < 4.78 is 0. The summed E-state index contributed by atoms with van der Waals surface area (Å²) in [5, 5.41) is 4.63. The van der Waals surface area contributed by atoms with Crippen molar-refractivity contribution in [3.63, 3.8) is 0 Å². The Bertz CT molecular complexity index is 901. The molecule has 0 fully saturated rings. The highest BCUT2D eigenvalue weighted by Gasteiger charge is 2.19. The molecular weight excluding hydrogens is 362 g/mol. The minimum atomic E-state index is -0.401. The molecule has 5 nitrogen and oxygen atoms in total. The second kappa shape index (κ2) is 9.55. The fourth-order valence-electron chi connectivity index (χ4n) is 3.08. The fraction of sp³-hybridized carbons (Fsp3) is 0.167. The molecule has 0 aliphatic rings. The maximum atomic E-state index is 12.9. The second-order valence-electron chi connectivity index (χ2n) is 6.91. The van der Waals surface area contributed by atoms with E-state index in [4.69, 9.17) is 0 Å². The summed E-state index contributed by atoms with van der Waals surface area (Å²) in [5.74, 6) is -0.372. The Kier molecular flexibility index (Phi) is 6.63. The molecule has 3 rings (SSSR count). The standard InChI is InChI=1S/C24H25N3O2/c1-18-13-15-20(16-14-18)23(25-19(2)28)17-24(29)26-27(21-9-5-3-6-10-21)22-11-7-4-8-12-22/h3-16,23H,17H2,1-2H3,(H,25,28)(H,26,29). The van der Waals surface area contributed by atoms with Crippen LogP contribution in [0.4, 0.5) is 11.4 Å². The quantitative estimate of drug-likeness (QED) is 0.590. The van der Waals surface area contributed by atoms with Crippen LogP contribution in [0.3, 0.4) is 0 Å². The summed E-state index contributed by atoms with van der Waals surface area (Å²) in [6.45, 7) is 3.46. The van der Waals surface area contributed by atoms with Crippen LogP contribution in [0.2, 0.25) is 0 Å². The highest BCUT2D eigenvalue weighted by molar-refractivity contribution is 5.82. The van der Waals surface area contributed by atoms with E-state index in [9.17, 15) is 9.59 Å². The Morgan fingerprint density at radius 3 is 1.83 bits per heavy atom. The number of amides is 2. The summed E-state index contributed by atoms with van der Waals surface area (Å²) >= 11 is 0. The van der Waals surface area contributed by atoms with Gasteiger partial charge in [-0.25, -0.2) is 0 Å². The maximum Gasteiger partial charge on any atom is 0.241 e. The number of benzene rings is 3. The molecule has 29 heavy (non-hydrogen) atoms. The van der Waals surface area contributed by atoms with Crippen LogP contribution in [0.5, 0.6) is 0 Å². The fourth-order valence-corrected chi connectivity index (χ4v) is 3.08. The average molecular weight is 387 g/mol. The van der Waals surface area contributed by atoms with E-state index in [-0.39, 0.29) is 18.2 Å². The van der Waals surface area contributed by atoms with E-state index >= 15 is 0 Å². The van der Waals surface area contributed by atoms with E-state index in [1.54, 1.807) is 5.01 Å². The zero-order valence-corrected chi connectivity index (χ0v) is 16.6. The molecule has 0 saturated carbocycles. The molecule has 3 aromatic rings. The molecule has 0 radical (unpaired) electrons. The van der Waals surface area contributed by atoms with Crippen molar-refractivity contribution in [1.82, 2.24) is 10.7 Å². The molecule has 0 heterocycles. The van der Waals surface area contributed by atoms with Crippen LogP contribution in [-0.2, 0) is 9.59 Å². The van der Waals surface area contributed by atoms with Gasteiger partial charge in [0.25, 0.3) is 0 Å². The number of aryl methyl sites for hydroxylation is 1. The average Bonchev–Trinajstić information content (AvgIpc) is 2.73. The van der Waals surface area contributed by atoms with Crippen molar-refractivity contribution in [3.8, 4) is 0 Å². The van der Waals surface area contributed by atoms with Crippen LogP contribution in [-0.4, -0.2) is 11.8 Å². The lowest BCUT2D eigenvalue weighted by Gasteiger charge is -2.27. The zero-order chi connectivity index (χ0) is 20.6. The second-order valence-corrected chi connectivity index (χ2v) is 6.91. The molecule has 0 spiro atoms. The number of para-hydroxylation sites is 2. The molecule has 0 aliphatic heterocycles. The summed E-state index contributed by atoms with van der Waals surface area (Å²) in [5.41, 5.74) is 6.69. The van der Waals surface area contributed by atoms with Crippen molar-refractivity contribution < 1.29 is 9.59 Å². The van der Waals surface area contributed by atoms with Gasteiger partial charge in [0.2, 0.25) is 11.8 Å². The highest BCUT2D eigenvalue weighted by Crippen LogP contribution is 2.23. The number of nitrogens with zero attached hydrogens (tertiary/aromatic N) is 1. The number of carbonyl (C=O) groups excluding carboxylic acids is 2. The van der Waals surface area contributed by atoms with Gasteiger partial charge in [-0.3, -0.25) is 20.0 Å². The van der Waals surface area contributed by atoms with Crippen molar-refractivity contribution in [2.24, 2.45) is 0 Å². The Morgan fingerprint density at radius 2 is 1.34 bits per heavy atom. The number of hydrogen-bond acceptors (Lipinski definition) is 3. The van der Waals surface area contributed by atoms with Gasteiger partial charge in [-0.1, -0.05) is 66.2 Å². The van der Waals surface area contributed by atoms with Crippen LogP contribution in [0.25, 0.3) is 0 Å². The molecule has 0 aromatic heterocycles. The Labute approximate surface area is 171 Å². The molecule has 3 aromatic carbocycles. The smallest absolute Gasteiger partial charge is 0.241 e. The van der Waals surface area contributed by atoms with E-state index in [0.717, 1.165) is 22.5 Å². The number of anilines is 2. The number of hydrazine groups is 1. The topological polar surface area (TPSA) is 61.4 Å². The van der Waals surface area contributed by atoms with Gasteiger partial charge in [-0.2, -0.15) is 0 Å². The van der Waals surface area contributed by atoms with Crippen molar-refractivity contribution in [1.29, 1.82) is 0 Å². The molecule has 0 bridgehead atoms. The molecular formula is C24H25N3O2. The van der Waals surface area contributed by atoms with Crippen LogP contribution in [0, 0.1) is 6.92 Å². The van der Waals surface area contributed by atoms with Crippen molar-refractivity contribution in [2.45, 2.75) is 26.3 Å². The molecule has 0 saturated heterocycles. The highest BCUT2D eigenvalue weighted by atomic mass is 16.2. The molecule has 5 heteroatoms. The lowest BCUT2D eigenvalue weighted by atomic mass is 10.0. The van der Waals surface area contributed by atoms with Crippen LogP contribution in [0.15, 0.2) is 84.9 Å². The van der Waals surface area contributed by atoms with Gasteiger partial charge in [0.15, 0.2) is 0 Å². The molecule has 148 valence electrons. The van der Waals surface area contributed by atoms with Crippen molar-refractivity contribution in [3.05, 3.63) is 96.1 Å². The normalized spacial score (nSPS) is 11.4. The van der Waals surface area contributed by atoms with Crippen LogP contribution in [0.1, 0.15) is 30.5 Å². The van der Waals surface area contributed by atoms with Crippen molar-refractivity contribution >= 4 is 23.2 Å². The van der Waals surface area contributed by atoms with Crippen molar-refractivity contribution in [2.75, 3.05) is 5.01 Å². The first-order chi connectivity index (χ1) is 14.0. The third-order valence-corrected chi connectivity index (χ3v) is 4.51. The molecule has 1 unspecified atom stereocenters. The van der Waals surface area contributed by atoms with Gasteiger partial charge in [-0.15, -0.1) is 0 Å². The molecule has 2 amide bonds. The Hall–Kier alpha value is -3.60. The Morgan fingerprint density at radius 1 is 0.828 bits per heavy atom. The SMILES string of the molecule is CC(=O)NC(CC(=O)NN(c1ccccc1)c1ccccc1)c1ccc(C)cc1. The van der Waals surface area contributed by atoms with Gasteiger partial charge in [0.05, 0.1) is 23.8 Å².